The van der Waals surface area contributed by atoms with Crippen LogP contribution in [0.3, 0.4) is 0 Å². The molecule has 8 nitrogen and oxygen atoms in total. The summed E-state index contributed by atoms with van der Waals surface area (Å²) in [6.07, 6.45) is 1.41. The number of nitrogens with one attached hydrogen (secondary N) is 1. The van der Waals surface area contributed by atoms with Gasteiger partial charge in [0, 0.05) is 37.9 Å². The van der Waals surface area contributed by atoms with Crippen molar-refractivity contribution < 1.29 is 19.1 Å². The molecule has 4 rings (SSSR count). The predicted octanol–water partition coefficient (Wildman–Crippen LogP) is 2.82. The summed E-state index contributed by atoms with van der Waals surface area (Å²) >= 11 is 0. The maximum absolute atomic E-state index is 12.4. The molecule has 0 spiro atoms. The molecule has 1 unspecified atom stereocenters. The van der Waals surface area contributed by atoms with Crippen molar-refractivity contribution in [1.29, 1.82) is 0 Å². The van der Waals surface area contributed by atoms with E-state index in [0.717, 1.165) is 22.9 Å². The molecule has 2 aliphatic heterocycles. The van der Waals surface area contributed by atoms with Gasteiger partial charge in [-0.1, -0.05) is 12.1 Å². The number of ether oxygens (including phenoxy) is 1. The minimum Gasteiger partial charge on any atom is -0.444 e. The van der Waals surface area contributed by atoms with Crippen LogP contribution < -0.4 is 5.32 Å². The van der Waals surface area contributed by atoms with E-state index in [2.05, 4.69) is 22.5 Å². The molecule has 3 amide bonds. The number of fused-ring (bicyclic) bond motifs is 1. The number of imide groups is 1. The number of likely N-dealkylation sites (tertiary alicyclic amines) is 1. The normalized spacial score (nSPS) is 22.5. The summed E-state index contributed by atoms with van der Waals surface area (Å²) < 4.78 is 7.28. The molecule has 160 valence electrons. The van der Waals surface area contributed by atoms with Crippen molar-refractivity contribution in [2.75, 3.05) is 13.1 Å². The number of benzene rings is 1. The second-order valence-electron chi connectivity index (χ2n) is 9.20. The zero-order valence-corrected chi connectivity index (χ0v) is 17.9. The monoisotopic (exact) mass is 412 g/mol. The smallest absolute Gasteiger partial charge is 0.410 e. The highest BCUT2D eigenvalue weighted by molar-refractivity contribution is 6.02. The Hall–Kier alpha value is -2.90. The molecule has 0 bridgehead atoms. The van der Waals surface area contributed by atoms with Gasteiger partial charge >= 0.3 is 6.09 Å². The number of carbonyl (C=O) groups excluding carboxylic acids is 3. The van der Waals surface area contributed by atoms with Gasteiger partial charge in [0.1, 0.15) is 5.60 Å². The summed E-state index contributed by atoms with van der Waals surface area (Å²) in [5.41, 5.74) is 2.30. The van der Waals surface area contributed by atoms with Crippen LogP contribution >= 0.6 is 0 Å². The van der Waals surface area contributed by atoms with Crippen LogP contribution in [0.4, 0.5) is 4.79 Å². The molecule has 1 aromatic heterocycles. The van der Waals surface area contributed by atoms with Gasteiger partial charge in [-0.05, 0) is 45.2 Å². The van der Waals surface area contributed by atoms with Crippen molar-refractivity contribution in [2.24, 2.45) is 7.05 Å². The number of aromatic nitrogens is 2. The lowest BCUT2D eigenvalue weighted by molar-refractivity contribution is -0.134. The van der Waals surface area contributed by atoms with Crippen molar-refractivity contribution >= 4 is 28.8 Å². The number of carbonyl (C=O) groups is 3. The van der Waals surface area contributed by atoms with Crippen LogP contribution in [-0.4, -0.2) is 51.3 Å². The van der Waals surface area contributed by atoms with Crippen LogP contribution in [-0.2, 0) is 21.4 Å². The van der Waals surface area contributed by atoms with Gasteiger partial charge in [0.05, 0.1) is 17.1 Å². The van der Waals surface area contributed by atoms with Crippen molar-refractivity contribution in [3.8, 4) is 0 Å². The lowest BCUT2D eigenvalue weighted by Crippen LogP contribution is -2.39. The van der Waals surface area contributed by atoms with Gasteiger partial charge in [0.25, 0.3) is 0 Å². The van der Waals surface area contributed by atoms with Gasteiger partial charge < -0.3 is 9.64 Å². The van der Waals surface area contributed by atoms with Gasteiger partial charge in [-0.15, -0.1) is 0 Å². The summed E-state index contributed by atoms with van der Waals surface area (Å²) in [7, 11) is 1.86. The van der Waals surface area contributed by atoms with Crippen LogP contribution in [0, 0.1) is 0 Å². The molecule has 2 aliphatic rings. The first kappa shape index (κ1) is 20.4. The summed E-state index contributed by atoms with van der Waals surface area (Å²) in [5, 5.41) is 7.94. The van der Waals surface area contributed by atoms with Gasteiger partial charge in [0.15, 0.2) is 0 Å². The molecule has 0 saturated carbocycles. The van der Waals surface area contributed by atoms with E-state index >= 15 is 0 Å². The Morgan fingerprint density at radius 2 is 2.00 bits per heavy atom. The molecule has 2 atom stereocenters. The third-order valence-corrected chi connectivity index (χ3v) is 5.78. The zero-order chi connectivity index (χ0) is 21.6. The maximum Gasteiger partial charge on any atom is 0.410 e. The SMILES string of the molecule is Cn1nc(C2CCC(=O)NC2=O)c2ccc([C@@H]3CCN(C(=O)OC(C)(C)C)C3)cc21. The van der Waals surface area contributed by atoms with E-state index in [-0.39, 0.29) is 23.8 Å². The molecule has 0 aliphatic carbocycles. The van der Waals surface area contributed by atoms with E-state index in [1.165, 1.54) is 0 Å². The predicted molar refractivity (Wildman–Crippen MR) is 111 cm³/mol. The van der Waals surface area contributed by atoms with Crippen LogP contribution in [0.2, 0.25) is 0 Å². The third kappa shape index (κ3) is 3.91. The topological polar surface area (TPSA) is 93.5 Å². The van der Waals surface area contributed by atoms with E-state index in [4.69, 9.17) is 4.74 Å². The molecule has 1 aromatic carbocycles. The summed E-state index contributed by atoms with van der Waals surface area (Å²) in [5.74, 6) is -0.684. The first-order valence-electron chi connectivity index (χ1n) is 10.4. The van der Waals surface area contributed by atoms with E-state index in [0.29, 0.717) is 31.6 Å². The molecule has 30 heavy (non-hydrogen) atoms. The fourth-order valence-electron chi connectivity index (χ4n) is 4.29. The number of hydrogen-bond donors (Lipinski definition) is 1. The molecule has 0 radical (unpaired) electrons. The van der Waals surface area contributed by atoms with Crippen LogP contribution in [0.1, 0.15) is 63.1 Å². The number of amides is 3. The van der Waals surface area contributed by atoms with Crippen LogP contribution in [0.25, 0.3) is 10.9 Å². The lowest BCUT2D eigenvalue weighted by atomic mass is 9.91. The molecule has 2 aromatic rings. The zero-order valence-electron chi connectivity index (χ0n) is 17.9. The van der Waals surface area contributed by atoms with Gasteiger partial charge in [-0.3, -0.25) is 19.6 Å². The van der Waals surface area contributed by atoms with Gasteiger partial charge in [0.2, 0.25) is 11.8 Å². The Kier molecular flexibility index (Phi) is 5.03. The molecular formula is C22H28N4O4. The highest BCUT2D eigenvalue weighted by Crippen LogP contribution is 2.34. The molecule has 2 fully saturated rings. The van der Waals surface area contributed by atoms with Crippen molar-refractivity contribution in [3.63, 3.8) is 0 Å². The first-order chi connectivity index (χ1) is 14.1. The van der Waals surface area contributed by atoms with E-state index < -0.39 is 11.5 Å². The average Bonchev–Trinajstić information content (AvgIpc) is 3.26. The molecule has 8 heteroatoms. The summed E-state index contributed by atoms with van der Waals surface area (Å²) in [6, 6.07) is 6.16. The number of piperidine rings is 1. The second-order valence-corrected chi connectivity index (χ2v) is 9.20. The van der Waals surface area contributed by atoms with E-state index in [9.17, 15) is 14.4 Å². The number of nitrogens with zero attached hydrogens (tertiary/aromatic N) is 3. The maximum atomic E-state index is 12.4. The molecular weight excluding hydrogens is 384 g/mol. The van der Waals surface area contributed by atoms with Crippen molar-refractivity contribution in [1.82, 2.24) is 20.0 Å². The second kappa shape index (κ2) is 7.41. The average molecular weight is 412 g/mol. The first-order valence-corrected chi connectivity index (χ1v) is 10.4. The summed E-state index contributed by atoms with van der Waals surface area (Å²) in [6.45, 7) is 6.90. The minimum atomic E-state index is -0.505. The molecule has 1 N–H and O–H groups in total. The largest absolute Gasteiger partial charge is 0.444 e. The van der Waals surface area contributed by atoms with Crippen LogP contribution in [0.15, 0.2) is 18.2 Å². The highest BCUT2D eigenvalue weighted by atomic mass is 16.6. The fraction of sp³-hybridized carbons (Fsp3) is 0.545. The standard InChI is InChI=1S/C22H28N4O4/c1-22(2,3)30-21(29)26-10-9-14(12-26)13-5-6-15-17(11-13)25(4)24-19(15)16-7-8-18(27)23-20(16)28/h5-6,11,14,16H,7-10,12H2,1-4H3,(H,23,27,28)/t14-,16?/m1/s1. The molecule has 2 saturated heterocycles. The quantitative estimate of drug-likeness (QED) is 0.766. The van der Waals surface area contributed by atoms with Crippen molar-refractivity contribution in [2.45, 2.75) is 57.5 Å². The highest BCUT2D eigenvalue weighted by Gasteiger charge is 2.33. The third-order valence-electron chi connectivity index (χ3n) is 5.78. The van der Waals surface area contributed by atoms with E-state index in [1.54, 1.807) is 9.58 Å². The fourth-order valence-corrected chi connectivity index (χ4v) is 4.29. The summed E-state index contributed by atoms with van der Waals surface area (Å²) in [4.78, 5) is 37.9. The Morgan fingerprint density at radius 1 is 1.23 bits per heavy atom. The Labute approximate surface area is 175 Å². The Morgan fingerprint density at radius 3 is 2.70 bits per heavy atom. The Bertz CT molecular complexity index is 1020. The van der Waals surface area contributed by atoms with Crippen molar-refractivity contribution in [3.05, 3.63) is 29.5 Å². The van der Waals surface area contributed by atoms with Gasteiger partial charge in [-0.2, -0.15) is 5.10 Å². The minimum absolute atomic E-state index is 0.227. The van der Waals surface area contributed by atoms with Gasteiger partial charge in [-0.25, -0.2) is 4.79 Å². The van der Waals surface area contributed by atoms with E-state index in [1.807, 2.05) is 33.9 Å². The number of rotatable bonds is 2. The Balaban J connectivity index is 1.55. The number of aryl methyl sites for hydroxylation is 1. The van der Waals surface area contributed by atoms with Crippen LogP contribution in [0.5, 0.6) is 0 Å². The number of hydrogen-bond acceptors (Lipinski definition) is 5. The molecule has 3 heterocycles. The lowest BCUT2D eigenvalue weighted by Gasteiger charge is -2.24.